The Morgan fingerprint density at radius 1 is 1.10 bits per heavy atom. The van der Waals surface area contributed by atoms with Crippen LogP contribution in [0.25, 0.3) is 0 Å². The fourth-order valence-corrected chi connectivity index (χ4v) is 3.50. The first-order valence-corrected chi connectivity index (χ1v) is 7.92. The molecule has 0 aliphatic heterocycles. The van der Waals surface area contributed by atoms with Crippen molar-refractivity contribution in [2.45, 2.75) is 17.2 Å². The van der Waals surface area contributed by atoms with Crippen LogP contribution in [0.3, 0.4) is 0 Å². The van der Waals surface area contributed by atoms with Gasteiger partial charge >= 0.3 is 0 Å². The van der Waals surface area contributed by atoms with Gasteiger partial charge in [-0.25, -0.2) is 12.8 Å². The molecular formula is C14H13ClFNO2S. The molecule has 0 amide bonds. The molecule has 0 atom stereocenters. The van der Waals surface area contributed by atoms with Crippen molar-refractivity contribution in [1.29, 1.82) is 0 Å². The first-order valence-electron chi connectivity index (χ1n) is 5.88. The van der Waals surface area contributed by atoms with Crippen molar-refractivity contribution in [3.63, 3.8) is 0 Å². The smallest absolute Gasteiger partial charge is 0.182 e. The maximum absolute atomic E-state index is 14.0. The number of hydrogen-bond donors (Lipinski definition) is 1. The summed E-state index contributed by atoms with van der Waals surface area (Å²) in [6.07, 6.45) is 0. The number of nitrogens with two attached hydrogens (primary N) is 1. The lowest BCUT2D eigenvalue weighted by atomic mass is 10.1. The van der Waals surface area contributed by atoms with Gasteiger partial charge in [0.15, 0.2) is 9.84 Å². The summed E-state index contributed by atoms with van der Waals surface area (Å²) in [6.45, 7) is 0.0247. The van der Waals surface area contributed by atoms with Gasteiger partial charge in [-0.2, -0.15) is 0 Å². The minimum Gasteiger partial charge on any atom is -0.326 e. The quantitative estimate of drug-likeness (QED) is 0.944. The van der Waals surface area contributed by atoms with Gasteiger partial charge in [0.05, 0.1) is 10.6 Å². The molecule has 2 aromatic carbocycles. The Morgan fingerprint density at radius 3 is 2.40 bits per heavy atom. The summed E-state index contributed by atoms with van der Waals surface area (Å²) in [6, 6.07) is 10.5. The highest BCUT2D eigenvalue weighted by atomic mass is 35.5. The van der Waals surface area contributed by atoms with Crippen molar-refractivity contribution in [3.8, 4) is 0 Å². The van der Waals surface area contributed by atoms with E-state index < -0.39 is 21.4 Å². The fraction of sp³-hybridized carbons (Fsp3) is 0.143. The average Bonchev–Trinajstić information content (AvgIpc) is 2.41. The van der Waals surface area contributed by atoms with Gasteiger partial charge in [0.25, 0.3) is 0 Å². The maximum atomic E-state index is 14.0. The van der Waals surface area contributed by atoms with Gasteiger partial charge in [-0.1, -0.05) is 35.9 Å². The molecule has 0 aliphatic rings. The van der Waals surface area contributed by atoms with E-state index in [1.807, 2.05) is 0 Å². The Labute approximate surface area is 122 Å². The molecule has 20 heavy (non-hydrogen) atoms. The highest BCUT2D eigenvalue weighted by molar-refractivity contribution is 7.90. The van der Waals surface area contributed by atoms with Crippen LogP contribution >= 0.6 is 11.6 Å². The van der Waals surface area contributed by atoms with E-state index in [9.17, 15) is 12.8 Å². The fourth-order valence-electron chi connectivity index (χ4n) is 1.85. The highest BCUT2D eigenvalue weighted by Gasteiger charge is 2.19. The largest absolute Gasteiger partial charge is 0.326 e. The van der Waals surface area contributed by atoms with E-state index in [2.05, 4.69) is 0 Å². The minimum absolute atomic E-state index is 0.0247. The van der Waals surface area contributed by atoms with Crippen molar-refractivity contribution >= 4 is 21.4 Å². The standard InChI is InChI=1S/C14H13ClFNO2S/c15-12-5-2-6-13(7-12)20(18,19)9-11-4-1-3-10(8-17)14(11)16/h1-7H,8-9,17H2. The summed E-state index contributed by atoms with van der Waals surface area (Å²) in [7, 11) is -3.65. The lowest BCUT2D eigenvalue weighted by molar-refractivity contribution is 0.582. The Hall–Kier alpha value is -1.43. The molecule has 0 fully saturated rings. The highest BCUT2D eigenvalue weighted by Crippen LogP contribution is 2.22. The predicted octanol–water partition coefficient (Wildman–Crippen LogP) is 2.91. The molecule has 2 N–H and O–H groups in total. The monoisotopic (exact) mass is 313 g/mol. The SMILES string of the molecule is NCc1cccc(CS(=O)(=O)c2cccc(Cl)c2)c1F. The van der Waals surface area contributed by atoms with Crippen LogP contribution in [0.1, 0.15) is 11.1 Å². The van der Waals surface area contributed by atoms with Gasteiger partial charge in [0.2, 0.25) is 0 Å². The summed E-state index contributed by atoms with van der Waals surface area (Å²) < 4.78 is 38.5. The van der Waals surface area contributed by atoms with Gasteiger partial charge in [-0.05, 0) is 18.2 Å². The van der Waals surface area contributed by atoms with Crippen LogP contribution in [0.15, 0.2) is 47.4 Å². The van der Waals surface area contributed by atoms with E-state index in [4.69, 9.17) is 17.3 Å². The molecule has 6 heteroatoms. The normalized spacial score (nSPS) is 11.6. The molecule has 0 aromatic heterocycles. The summed E-state index contributed by atoms with van der Waals surface area (Å²) in [4.78, 5) is 0.0718. The number of hydrogen-bond acceptors (Lipinski definition) is 3. The lowest BCUT2D eigenvalue weighted by Gasteiger charge is -2.08. The average molecular weight is 314 g/mol. The number of benzene rings is 2. The van der Waals surface area contributed by atoms with Crippen LogP contribution in [0.4, 0.5) is 4.39 Å². The summed E-state index contributed by atoms with van der Waals surface area (Å²) in [5.74, 6) is -0.992. The molecular weight excluding hydrogens is 301 g/mol. The zero-order valence-electron chi connectivity index (χ0n) is 10.5. The molecule has 0 bridgehead atoms. The van der Waals surface area contributed by atoms with E-state index in [0.717, 1.165) is 0 Å². The Bertz CT molecular complexity index is 732. The maximum Gasteiger partial charge on any atom is 0.182 e. The van der Waals surface area contributed by atoms with Crippen molar-refractivity contribution in [3.05, 3.63) is 64.4 Å². The molecule has 0 spiro atoms. The molecule has 106 valence electrons. The first-order chi connectivity index (χ1) is 9.44. The topological polar surface area (TPSA) is 60.2 Å². The van der Waals surface area contributed by atoms with Gasteiger partial charge in [0.1, 0.15) is 5.82 Å². The number of halogens is 2. The zero-order valence-corrected chi connectivity index (χ0v) is 12.1. The van der Waals surface area contributed by atoms with Crippen molar-refractivity contribution in [2.24, 2.45) is 5.73 Å². The third kappa shape index (κ3) is 3.17. The molecule has 0 unspecified atom stereocenters. The van der Waals surface area contributed by atoms with Crippen LogP contribution in [0, 0.1) is 5.82 Å². The van der Waals surface area contributed by atoms with Gasteiger partial charge in [-0.15, -0.1) is 0 Å². The van der Waals surface area contributed by atoms with Crippen LogP contribution in [0.2, 0.25) is 5.02 Å². The molecule has 0 saturated carbocycles. The summed E-state index contributed by atoms with van der Waals surface area (Å²) in [5, 5.41) is 0.322. The van der Waals surface area contributed by atoms with E-state index >= 15 is 0 Å². The second-order valence-corrected chi connectivity index (χ2v) is 6.74. The predicted molar refractivity (Wildman–Crippen MR) is 76.6 cm³/mol. The van der Waals surface area contributed by atoms with Gasteiger partial charge in [-0.3, -0.25) is 0 Å². The molecule has 0 aliphatic carbocycles. The van der Waals surface area contributed by atoms with Crippen LogP contribution < -0.4 is 5.73 Å². The molecule has 0 saturated heterocycles. The van der Waals surface area contributed by atoms with Crippen molar-refractivity contribution in [1.82, 2.24) is 0 Å². The summed E-state index contributed by atoms with van der Waals surface area (Å²) >= 11 is 5.78. The number of rotatable bonds is 4. The Morgan fingerprint density at radius 2 is 1.75 bits per heavy atom. The van der Waals surface area contributed by atoms with E-state index in [-0.39, 0.29) is 17.0 Å². The van der Waals surface area contributed by atoms with Crippen LogP contribution in [0.5, 0.6) is 0 Å². The third-order valence-corrected chi connectivity index (χ3v) is 4.78. The molecule has 3 nitrogen and oxygen atoms in total. The van der Waals surface area contributed by atoms with Crippen molar-refractivity contribution in [2.75, 3.05) is 0 Å². The number of sulfone groups is 1. The molecule has 0 radical (unpaired) electrons. The van der Waals surface area contributed by atoms with E-state index in [1.165, 1.54) is 24.3 Å². The van der Waals surface area contributed by atoms with Crippen LogP contribution in [-0.4, -0.2) is 8.42 Å². The van der Waals surface area contributed by atoms with E-state index in [1.54, 1.807) is 18.2 Å². The molecule has 2 aromatic rings. The van der Waals surface area contributed by atoms with E-state index in [0.29, 0.717) is 10.6 Å². The second-order valence-electron chi connectivity index (χ2n) is 4.31. The Kier molecular flexibility index (Phi) is 4.42. The minimum atomic E-state index is -3.65. The molecule has 0 heterocycles. The zero-order chi connectivity index (χ0) is 14.8. The van der Waals surface area contributed by atoms with Crippen LogP contribution in [-0.2, 0) is 22.1 Å². The Balaban J connectivity index is 2.39. The summed E-state index contributed by atoms with van der Waals surface area (Å²) in [5.41, 5.74) is 5.81. The third-order valence-electron chi connectivity index (χ3n) is 2.88. The second kappa shape index (κ2) is 5.91. The van der Waals surface area contributed by atoms with Gasteiger partial charge < -0.3 is 5.73 Å². The lowest BCUT2D eigenvalue weighted by Crippen LogP contribution is -2.09. The van der Waals surface area contributed by atoms with Crippen molar-refractivity contribution < 1.29 is 12.8 Å². The van der Waals surface area contributed by atoms with Gasteiger partial charge in [0, 0.05) is 22.7 Å². The molecule has 2 rings (SSSR count). The first kappa shape index (κ1) is 15.0.